The van der Waals surface area contributed by atoms with E-state index in [9.17, 15) is 19.7 Å². The number of urea groups is 1. The summed E-state index contributed by atoms with van der Waals surface area (Å²) in [4.78, 5) is 38.5. The van der Waals surface area contributed by atoms with Crippen molar-refractivity contribution >= 4 is 17.7 Å². The predicted molar refractivity (Wildman–Crippen MR) is 136 cm³/mol. The van der Waals surface area contributed by atoms with Gasteiger partial charge in [-0.05, 0) is 31.8 Å². The van der Waals surface area contributed by atoms with Gasteiger partial charge in [0.1, 0.15) is 0 Å². The van der Waals surface area contributed by atoms with Gasteiger partial charge >= 0.3 is 12.0 Å². The molecule has 35 heavy (non-hydrogen) atoms. The van der Waals surface area contributed by atoms with E-state index in [4.69, 9.17) is 10.5 Å². The summed E-state index contributed by atoms with van der Waals surface area (Å²) in [5.74, 6) is -1.40. The van der Waals surface area contributed by atoms with Crippen molar-refractivity contribution in [2.24, 2.45) is 11.7 Å². The molecule has 1 heterocycles. The van der Waals surface area contributed by atoms with Crippen LogP contribution in [0, 0.1) is 16.0 Å². The molecule has 8 nitrogen and oxygen atoms in total. The highest BCUT2D eigenvalue weighted by Crippen LogP contribution is 2.47. The van der Waals surface area contributed by atoms with Crippen molar-refractivity contribution in [2.45, 2.75) is 85.5 Å². The highest BCUT2D eigenvalue weighted by Gasteiger charge is 2.41. The van der Waals surface area contributed by atoms with E-state index in [0.29, 0.717) is 17.0 Å². The van der Waals surface area contributed by atoms with Crippen LogP contribution in [0.25, 0.3) is 0 Å². The van der Waals surface area contributed by atoms with E-state index in [0.717, 1.165) is 24.8 Å². The van der Waals surface area contributed by atoms with Crippen molar-refractivity contribution in [2.75, 3.05) is 6.61 Å². The van der Waals surface area contributed by atoms with Gasteiger partial charge < -0.3 is 10.5 Å². The standard InChI is InChI=1S/C27H39N3O5/c1-6-7-8-9-10-11-14-17-35-26(31)24-20(5)29(27(28)32)19(4)23(18(2)3)25(24)21-15-12-13-16-22(21)30(33)34/h12-13,15-16,18,25H,6-11,14,17H2,1-5H3,(H2,28,32). The minimum atomic E-state index is -0.714. The number of esters is 1. The molecular formula is C27H39N3O5. The highest BCUT2D eigenvalue weighted by molar-refractivity contribution is 5.94. The second kappa shape index (κ2) is 13.1. The molecule has 1 aromatic carbocycles. The Morgan fingerprint density at radius 2 is 1.66 bits per heavy atom. The van der Waals surface area contributed by atoms with E-state index in [1.54, 1.807) is 32.0 Å². The quantitative estimate of drug-likeness (QED) is 0.155. The molecular weight excluding hydrogens is 446 g/mol. The van der Waals surface area contributed by atoms with Gasteiger partial charge in [-0.1, -0.05) is 77.5 Å². The number of nitro benzene ring substituents is 1. The van der Waals surface area contributed by atoms with Crippen LogP contribution in [0.1, 0.15) is 91.0 Å². The SMILES string of the molecule is CCCCCCCCCOC(=O)C1=C(C)N(C(N)=O)C(C)=C(C(C)C)C1c1ccccc1[N+](=O)[O-]. The van der Waals surface area contributed by atoms with Gasteiger partial charge in [0, 0.05) is 28.9 Å². The van der Waals surface area contributed by atoms with Gasteiger partial charge in [-0.3, -0.25) is 15.0 Å². The Kier molecular flexibility index (Phi) is 10.5. The van der Waals surface area contributed by atoms with Crippen LogP contribution in [-0.2, 0) is 9.53 Å². The summed E-state index contributed by atoms with van der Waals surface area (Å²) in [7, 11) is 0. The maximum atomic E-state index is 13.4. The fourth-order valence-corrected chi connectivity index (χ4v) is 4.94. The minimum Gasteiger partial charge on any atom is -0.462 e. The van der Waals surface area contributed by atoms with Gasteiger partial charge in [-0.25, -0.2) is 9.59 Å². The summed E-state index contributed by atoms with van der Waals surface area (Å²) in [6.07, 6.45) is 7.61. The van der Waals surface area contributed by atoms with Gasteiger partial charge in [-0.2, -0.15) is 0 Å². The molecule has 1 unspecified atom stereocenters. The lowest BCUT2D eigenvalue weighted by atomic mass is 9.75. The number of hydrogen-bond donors (Lipinski definition) is 1. The first-order valence-electron chi connectivity index (χ1n) is 12.5. The largest absolute Gasteiger partial charge is 0.462 e. The maximum Gasteiger partial charge on any atom is 0.336 e. The Morgan fingerprint density at radius 1 is 1.06 bits per heavy atom. The van der Waals surface area contributed by atoms with Gasteiger partial charge in [0.15, 0.2) is 0 Å². The van der Waals surface area contributed by atoms with Crippen LogP contribution < -0.4 is 5.73 Å². The Bertz CT molecular complexity index is 996. The number of nitro groups is 1. The second-order valence-corrected chi connectivity index (χ2v) is 9.37. The van der Waals surface area contributed by atoms with Crippen LogP contribution >= 0.6 is 0 Å². The number of primary amides is 1. The van der Waals surface area contributed by atoms with Crippen LogP contribution in [0.4, 0.5) is 10.5 Å². The zero-order valence-electron chi connectivity index (χ0n) is 21.6. The fraction of sp³-hybridized carbons (Fsp3) is 0.556. The molecule has 8 heteroatoms. The highest BCUT2D eigenvalue weighted by atomic mass is 16.6. The molecule has 0 saturated carbocycles. The molecule has 1 aliphatic heterocycles. The smallest absolute Gasteiger partial charge is 0.336 e. The molecule has 0 saturated heterocycles. The molecule has 0 radical (unpaired) electrons. The summed E-state index contributed by atoms with van der Waals surface area (Å²) in [6, 6.07) is 5.69. The van der Waals surface area contributed by atoms with E-state index < -0.39 is 22.8 Å². The zero-order valence-corrected chi connectivity index (χ0v) is 21.6. The molecule has 0 aromatic heterocycles. The van der Waals surface area contributed by atoms with Crippen molar-refractivity contribution in [1.29, 1.82) is 0 Å². The normalized spacial score (nSPS) is 16.2. The zero-order chi connectivity index (χ0) is 26.1. The number of amides is 2. The van der Waals surface area contributed by atoms with E-state index in [1.165, 1.54) is 36.6 Å². The average molecular weight is 486 g/mol. The number of benzene rings is 1. The molecule has 1 atom stereocenters. The van der Waals surface area contributed by atoms with Gasteiger partial charge in [0.05, 0.1) is 17.1 Å². The summed E-state index contributed by atoms with van der Waals surface area (Å²) in [5, 5.41) is 11.9. The number of ether oxygens (including phenoxy) is 1. The van der Waals surface area contributed by atoms with Gasteiger partial charge in [0.25, 0.3) is 5.69 Å². The number of carbonyl (C=O) groups excluding carboxylic acids is 2. The van der Waals surface area contributed by atoms with Crippen molar-refractivity contribution in [1.82, 2.24) is 4.90 Å². The molecule has 0 spiro atoms. The third kappa shape index (κ3) is 6.71. The molecule has 0 fully saturated rings. The first-order valence-corrected chi connectivity index (χ1v) is 12.5. The van der Waals surface area contributed by atoms with Gasteiger partial charge in [-0.15, -0.1) is 0 Å². The molecule has 192 valence electrons. The number of nitrogens with two attached hydrogens (primary N) is 1. The third-order valence-electron chi connectivity index (χ3n) is 6.57. The van der Waals surface area contributed by atoms with Crippen LogP contribution in [0.15, 0.2) is 46.8 Å². The summed E-state index contributed by atoms with van der Waals surface area (Å²) in [6.45, 7) is 9.69. The van der Waals surface area contributed by atoms with E-state index in [2.05, 4.69) is 6.92 Å². The first kappa shape index (κ1) is 28.1. The average Bonchev–Trinajstić information content (AvgIpc) is 2.79. The van der Waals surface area contributed by atoms with E-state index >= 15 is 0 Å². The lowest BCUT2D eigenvalue weighted by Crippen LogP contribution is -2.40. The summed E-state index contributed by atoms with van der Waals surface area (Å²) < 4.78 is 5.66. The Morgan fingerprint density at radius 3 is 2.23 bits per heavy atom. The molecule has 1 aliphatic rings. The molecule has 2 N–H and O–H groups in total. The molecule has 1 aromatic rings. The topological polar surface area (TPSA) is 116 Å². The Labute approximate surface area is 208 Å². The monoisotopic (exact) mass is 485 g/mol. The lowest BCUT2D eigenvalue weighted by molar-refractivity contribution is -0.385. The van der Waals surface area contributed by atoms with Crippen LogP contribution in [0.3, 0.4) is 0 Å². The van der Waals surface area contributed by atoms with Crippen LogP contribution in [0.5, 0.6) is 0 Å². The van der Waals surface area contributed by atoms with Crippen molar-refractivity contribution in [3.05, 3.63) is 62.5 Å². The Hall–Kier alpha value is -3.16. The second-order valence-electron chi connectivity index (χ2n) is 9.37. The summed E-state index contributed by atoms with van der Waals surface area (Å²) in [5.41, 5.74) is 7.86. The number of rotatable bonds is 12. The number of unbranched alkanes of at least 4 members (excludes halogenated alkanes) is 6. The third-order valence-corrected chi connectivity index (χ3v) is 6.57. The van der Waals surface area contributed by atoms with E-state index in [-0.39, 0.29) is 23.8 Å². The Balaban J connectivity index is 2.42. The van der Waals surface area contributed by atoms with Crippen molar-refractivity contribution in [3.8, 4) is 0 Å². The molecule has 0 aliphatic carbocycles. The lowest BCUT2D eigenvalue weighted by Gasteiger charge is -2.38. The van der Waals surface area contributed by atoms with Crippen molar-refractivity contribution in [3.63, 3.8) is 0 Å². The van der Waals surface area contributed by atoms with E-state index in [1.807, 2.05) is 13.8 Å². The van der Waals surface area contributed by atoms with Crippen molar-refractivity contribution < 1.29 is 19.2 Å². The maximum absolute atomic E-state index is 13.4. The number of nitrogens with zero attached hydrogens (tertiary/aromatic N) is 2. The summed E-state index contributed by atoms with van der Waals surface area (Å²) >= 11 is 0. The van der Waals surface area contributed by atoms with Gasteiger partial charge in [0.2, 0.25) is 0 Å². The predicted octanol–water partition coefficient (Wildman–Crippen LogP) is 6.57. The number of carbonyl (C=O) groups is 2. The first-order chi connectivity index (χ1) is 16.6. The molecule has 2 rings (SSSR count). The number of allylic oxidation sites excluding steroid dienone is 3. The molecule has 0 bridgehead atoms. The molecule has 2 amide bonds. The fourth-order valence-electron chi connectivity index (χ4n) is 4.94. The number of hydrogen-bond acceptors (Lipinski definition) is 5. The number of para-hydroxylation sites is 1. The minimum absolute atomic E-state index is 0.0823. The van der Waals surface area contributed by atoms with Crippen LogP contribution in [-0.4, -0.2) is 28.4 Å². The van der Waals surface area contributed by atoms with Crippen LogP contribution in [0.2, 0.25) is 0 Å².